The van der Waals surface area contributed by atoms with Crippen molar-refractivity contribution >= 4 is 18.5 Å². The summed E-state index contributed by atoms with van der Waals surface area (Å²) in [6.45, 7) is 1.81. The van der Waals surface area contributed by atoms with Crippen LogP contribution in [0.3, 0.4) is 0 Å². The first-order valence-electron chi connectivity index (χ1n) is 3.06. The van der Waals surface area contributed by atoms with Crippen molar-refractivity contribution in [2.45, 2.75) is 6.92 Å². The van der Waals surface area contributed by atoms with Crippen LogP contribution in [0.5, 0.6) is 0 Å². The largest absolute Gasteiger partial charge is 0.275 e. The van der Waals surface area contributed by atoms with E-state index >= 15 is 0 Å². The van der Waals surface area contributed by atoms with E-state index in [-0.39, 0.29) is 11.8 Å². The monoisotopic (exact) mass is 163 g/mol. The van der Waals surface area contributed by atoms with Crippen LogP contribution < -0.4 is 0 Å². The number of rotatable bonds is 3. The van der Waals surface area contributed by atoms with Gasteiger partial charge in [-0.2, -0.15) is 12.6 Å². The molecule has 0 radical (unpaired) electrons. The van der Waals surface area contributed by atoms with E-state index in [0.29, 0.717) is 5.75 Å². The third-order valence-electron chi connectivity index (χ3n) is 1.28. The van der Waals surface area contributed by atoms with Crippen LogP contribution in [-0.4, -0.2) is 30.9 Å². The lowest BCUT2D eigenvalue weighted by molar-refractivity contribution is -0.172. The fourth-order valence-electron chi connectivity index (χ4n) is 0.478. The summed E-state index contributed by atoms with van der Waals surface area (Å²) >= 11 is 3.99. The van der Waals surface area contributed by atoms with Gasteiger partial charge in [0, 0.05) is 18.7 Å². The maximum Gasteiger partial charge on any atom is 0.249 e. The lowest BCUT2D eigenvalue weighted by Gasteiger charge is -2.16. The van der Waals surface area contributed by atoms with Crippen molar-refractivity contribution in [3.05, 3.63) is 0 Å². The summed E-state index contributed by atoms with van der Waals surface area (Å²) in [5, 5.41) is 1.21. The van der Waals surface area contributed by atoms with Crippen LogP contribution >= 0.6 is 12.6 Å². The maximum absolute atomic E-state index is 11.1. The first-order chi connectivity index (χ1) is 4.63. The Morgan fingerprint density at radius 3 is 2.60 bits per heavy atom. The topological polar surface area (TPSA) is 29.5 Å². The number of carbonyl (C=O) groups is 1. The van der Waals surface area contributed by atoms with Gasteiger partial charge in [0.1, 0.15) is 0 Å². The molecule has 0 heterocycles. The molecule has 0 aromatic heterocycles. The molecule has 0 aliphatic rings. The van der Waals surface area contributed by atoms with E-state index < -0.39 is 0 Å². The molecule has 0 fully saturated rings. The van der Waals surface area contributed by atoms with E-state index in [1.807, 2.05) is 6.92 Å². The zero-order chi connectivity index (χ0) is 8.15. The Labute approximate surface area is 66.7 Å². The molecule has 3 nitrogen and oxygen atoms in total. The number of nitrogens with zero attached hydrogens (tertiary/aromatic N) is 1. The van der Waals surface area contributed by atoms with Crippen LogP contribution in [0.25, 0.3) is 0 Å². The van der Waals surface area contributed by atoms with Gasteiger partial charge in [-0.05, 0) is 0 Å². The normalized spacial score (nSPS) is 12.8. The SMILES string of the molecule is CON(C)C(=O)[C@@H](C)CS. The molecule has 0 saturated carbocycles. The maximum atomic E-state index is 11.1. The highest BCUT2D eigenvalue weighted by molar-refractivity contribution is 7.80. The number of hydrogen-bond acceptors (Lipinski definition) is 3. The third kappa shape index (κ3) is 2.58. The molecule has 0 N–H and O–H groups in total. The molecule has 10 heavy (non-hydrogen) atoms. The average Bonchev–Trinajstić information content (AvgIpc) is 2.00. The van der Waals surface area contributed by atoms with Crippen LogP contribution in [0.15, 0.2) is 0 Å². The van der Waals surface area contributed by atoms with E-state index in [4.69, 9.17) is 0 Å². The van der Waals surface area contributed by atoms with Crippen molar-refractivity contribution in [2.75, 3.05) is 19.9 Å². The second-order valence-corrected chi connectivity index (χ2v) is 2.47. The molecule has 0 spiro atoms. The molecule has 4 heteroatoms. The van der Waals surface area contributed by atoms with Gasteiger partial charge >= 0.3 is 0 Å². The number of thiol groups is 1. The van der Waals surface area contributed by atoms with Gasteiger partial charge in [-0.15, -0.1) is 0 Å². The smallest absolute Gasteiger partial charge is 0.249 e. The number of amides is 1. The van der Waals surface area contributed by atoms with E-state index in [1.54, 1.807) is 7.05 Å². The number of hydrogen-bond donors (Lipinski definition) is 1. The first-order valence-corrected chi connectivity index (χ1v) is 3.69. The average molecular weight is 163 g/mol. The summed E-state index contributed by atoms with van der Waals surface area (Å²) < 4.78 is 0. The lowest BCUT2D eigenvalue weighted by atomic mass is 10.2. The van der Waals surface area contributed by atoms with Crippen molar-refractivity contribution in [3.8, 4) is 0 Å². The summed E-state index contributed by atoms with van der Waals surface area (Å²) in [6, 6.07) is 0. The van der Waals surface area contributed by atoms with E-state index in [1.165, 1.54) is 12.2 Å². The summed E-state index contributed by atoms with van der Waals surface area (Å²) in [6.07, 6.45) is 0. The molecular weight excluding hydrogens is 150 g/mol. The number of carbonyl (C=O) groups excluding carboxylic acids is 1. The Hall–Kier alpha value is -0.220. The summed E-state index contributed by atoms with van der Waals surface area (Å²) in [7, 11) is 3.05. The van der Waals surface area contributed by atoms with Gasteiger partial charge in [0.2, 0.25) is 5.91 Å². The van der Waals surface area contributed by atoms with Crippen LogP contribution in [0.4, 0.5) is 0 Å². The molecule has 60 valence electrons. The first kappa shape index (κ1) is 9.78. The van der Waals surface area contributed by atoms with Crippen molar-refractivity contribution in [1.82, 2.24) is 5.06 Å². The lowest BCUT2D eigenvalue weighted by Crippen LogP contribution is -2.31. The fraction of sp³-hybridized carbons (Fsp3) is 0.833. The molecule has 0 rings (SSSR count). The van der Waals surface area contributed by atoms with Gasteiger partial charge in [0.15, 0.2) is 0 Å². The van der Waals surface area contributed by atoms with E-state index in [9.17, 15) is 4.79 Å². The molecule has 0 aliphatic carbocycles. The molecule has 0 aromatic carbocycles. The standard InChI is InChI=1S/C6H13NO2S/c1-5(4-10)6(8)7(2)9-3/h5,10H,4H2,1-3H3/t5-/m0/s1. The predicted octanol–water partition coefficient (Wildman–Crippen LogP) is 0.572. The second kappa shape index (κ2) is 4.57. The van der Waals surface area contributed by atoms with E-state index in [2.05, 4.69) is 17.5 Å². The van der Waals surface area contributed by atoms with Crippen molar-refractivity contribution in [3.63, 3.8) is 0 Å². The van der Waals surface area contributed by atoms with Crippen molar-refractivity contribution in [1.29, 1.82) is 0 Å². The Balaban J connectivity index is 3.82. The third-order valence-corrected chi connectivity index (χ3v) is 1.83. The van der Waals surface area contributed by atoms with Crippen LogP contribution in [0.2, 0.25) is 0 Å². The fourth-order valence-corrected chi connectivity index (χ4v) is 0.635. The van der Waals surface area contributed by atoms with Gasteiger partial charge in [-0.1, -0.05) is 6.92 Å². The minimum Gasteiger partial charge on any atom is -0.275 e. The summed E-state index contributed by atoms with van der Waals surface area (Å²) in [5.74, 6) is 0.429. The molecule has 1 atom stereocenters. The minimum absolute atomic E-state index is 0.0440. The highest BCUT2D eigenvalue weighted by Crippen LogP contribution is 2.01. The zero-order valence-corrected chi connectivity index (χ0v) is 7.39. The Morgan fingerprint density at radius 2 is 2.30 bits per heavy atom. The Kier molecular flexibility index (Phi) is 4.47. The van der Waals surface area contributed by atoms with Gasteiger partial charge < -0.3 is 0 Å². The number of hydroxylamine groups is 2. The Bertz CT molecular complexity index is 106. The van der Waals surface area contributed by atoms with Gasteiger partial charge in [-0.25, -0.2) is 5.06 Å². The van der Waals surface area contributed by atoms with E-state index in [0.717, 1.165) is 0 Å². The molecule has 0 bridgehead atoms. The molecular formula is C6H13NO2S. The minimum atomic E-state index is -0.0757. The van der Waals surface area contributed by atoms with Gasteiger partial charge in [-0.3, -0.25) is 9.63 Å². The van der Waals surface area contributed by atoms with Gasteiger partial charge in [0.05, 0.1) is 7.11 Å². The second-order valence-electron chi connectivity index (χ2n) is 2.10. The predicted molar refractivity (Wildman–Crippen MR) is 42.8 cm³/mol. The Morgan fingerprint density at radius 1 is 1.80 bits per heavy atom. The molecule has 0 saturated heterocycles. The van der Waals surface area contributed by atoms with Crippen molar-refractivity contribution < 1.29 is 9.63 Å². The zero-order valence-electron chi connectivity index (χ0n) is 6.50. The highest BCUT2D eigenvalue weighted by atomic mass is 32.1. The summed E-state index contributed by atoms with van der Waals surface area (Å²) in [4.78, 5) is 15.7. The molecule has 0 aromatic rings. The highest BCUT2D eigenvalue weighted by Gasteiger charge is 2.14. The molecule has 0 unspecified atom stereocenters. The van der Waals surface area contributed by atoms with Crippen molar-refractivity contribution in [2.24, 2.45) is 5.92 Å². The van der Waals surface area contributed by atoms with Crippen LogP contribution in [-0.2, 0) is 9.63 Å². The quantitative estimate of drug-likeness (QED) is 0.487. The van der Waals surface area contributed by atoms with Crippen LogP contribution in [0, 0.1) is 5.92 Å². The molecule has 0 aliphatic heterocycles. The summed E-state index contributed by atoms with van der Waals surface area (Å²) in [5.41, 5.74) is 0. The van der Waals surface area contributed by atoms with Gasteiger partial charge in [0.25, 0.3) is 0 Å². The molecule has 1 amide bonds. The van der Waals surface area contributed by atoms with Crippen LogP contribution in [0.1, 0.15) is 6.92 Å².